The van der Waals surface area contributed by atoms with Gasteiger partial charge in [0.2, 0.25) is 0 Å². The van der Waals surface area contributed by atoms with Gasteiger partial charge in [-0.2, -0.15) is 0 Å². The largest absolute Gasteiger partial charge is 0.494 e. The Kier molecular flexibility index (Phi) is 3.27. The summed E-state index contributed by atoms with van der Waals surface area (Å²) in [6.45, 7) is 1.10. The van der Waals surface area contributed by atoms with E-state index in [4.69, 9.17) is 9.84 Å². The number of ether oxygens (including phenoxy) is 1. The zero-order valence-corrected chi connectivity index (χ0v) is 8.98. The molecule has 0 atom stereocenters. The molecule has 1 N–H and O–H groups in total. The molecule has 0 saturated heterocycles. The van der Waals surface area contributed by atoms with Gasteiger partial charge in [0, 0.05) is 6.61 Å². The molecule has 15 heavy (non-hydrogen) atoms. The zero-order chi connectivity index (χ0) is 10.6. The minimum absolute atomic E-state index is 0.264. The Morgan fingerprint density at radius 3 is 2.53 bits per heavy atom. The quantitative estimate of drug-likeness (QED) is 0.725. The Morgan fingerprint density at radius 2 is 1.93 bits per heavy atom. The Hall–Kier alpha value is -1.02. The van der Waals surface area contributed by atoms with Gasteiger partial charge in [-0.3, -0.25) is 0 Å². The maximum Gasteiger partial charge on any atom is 0.119 e. The van der Waals surface area contributed by atoms with Crippen molar-refractivity contribution in [3.63, 3.8) is 0 Å². The fraction of sp³-hybridized carbons (Fsp3) is 0.538. The van der Waals surface area contributed by atoms with Crippen LogP contribution in [0.5, 0.6) is 5.75 Å². The number of hydrogen-bond acceptors (Lipinski definition) is 2. The fourth-order valence-electron chi connectivity index (χ4n) is 1.82. The molecule has 2 nitrogen and oxygen atoms in total. The summed E-state index contributed by atoms with van der Waals surface area (Å²) in [4.78, 5) is 0. The molecule has 1 saturated carbocycles. The molecule has 0 heterocycles. The fourth-order valence-corrected chi connectivity index (χ4v) is 1.82. The SMILES string of the molecule is OCC1(CCCOc2ccccc2)CC1. The van der Waals surface area contributed by atoms with Crippen LogP contribution >= 0.6 is 0 Å². The van der Waals surface area contributed by atoms with Gasteiger partial charge in [0.25, 0.3) is 0 Å². The van der Waals surface area contributed by atoms with Gasteiger partial charge in [0.15, 0.2) is 0 Å². The highest BCUT2D eigenvalue weighted by Crippen LogP contribution is 2.48. The summed E-state index contributed by atoms with van der Waals surface area (Å²) < 4.78 is 5.59. The molecule has 1 aliphatic rings. The standard InChI is InChI=1S/C13H18O2/c14-11-13(8-9-13)7-4-10-15-12-5-2-1-3-6-12/h1-3,5-6,14H,4,7-11H2. The molecule has 0 radical (unpaired) electrons. The first kappa shape index (κ1) is 10.5. The van der Waals surface area contributed by atoms with Crippen molar-refractivity contribution in [3.8, 4) is 5.75 Å². The van der Waals surface area contributed by atoms with E-state index in [1.165, 1.54) is 12.8 Å². The van der Waals surface area contributed by atoms with E-state index in [0.29, 0.717) is 6.61 Å². The molecule has 0 amide bonds. The predicted molar refractivity (Wildman–Crippen MR) is 59.9 cm³/mol. The minimum Gasteiger partial charge on any atom is -0.494 e. The smallest absolute Gasteiger partial charge is 0.119 e. The second kappa shape index (κ2) is 4.67. The molecule has 2 heteroatoms. The van der Waals surface area contributed by atoms with Gasteiger partial charge in [0.05, 0.1) is 6.61 Å². The van der Waals surface area contributed by atoms with Crippen molar-refractivity contribution >= 4 is 0 Å². The lowest BCUT2D eigenvalue weighted by molar-refractivity contribution is 0.190. The predicted octanol–water partition coefficient (Wildman–Crippen LogP) is 2.62. The number of aliphatic hydroxyl groups is 1. The maximum atomic E-state index is 9.13. The second-order valence-corrected chi connectivity index (χ2v) is 4.42. The molecule has 1 fully saturated rings. The lowest BCUT2D eigenvalue weighted by atomic mass is 10.0. The summed E-state index contributed by atoms with van der Waals surface area (Å²) in [6.07, 6.45) is 4.51. The van der Waals surface area contributed by atoms with Crippen molar-refractivity contribution in [1.82, 2.24) is 0 Å². The first-order chi connectivity index (χ1) is 7.35. The Labute approximate surface area is 90.9 Å². The van der Waals surface area contributed by atoms with Gasteiger partial charge in [0.1, 0.15) is 5.75 Å². The Morgan fingerprint density at radius 1 is 1.20 bits per heavy atom. The summed E-state index contributed by atoms with van der Waals surface area (Å²) in [5.41, 5.74) is 0.264. The lowest BCUT2D eigenvalue weighted by Crippen LogP contribution is -2.08. The van der Waals surface area contributed by atoms with Crippen LogP contribution in [0.15, 0.2) is 30.3 Å². The molecule has 0 unspecified atom stereocenters. The molecule has 1 aromatic rings. The molecule has 0 aromatic heterocycles. The van der Waals surface area contributed by atoms with Gasteiger partial charge in [-0.15, -0.1) is 0 Å². The number of rotatable bonds is 6. The van der Waals surface area contributed by atoms with Crippen molar-refractivity contribution in [2.24, 2.45) is 5.41 Å². The van der Waals surface area contributed by atoms with Crippen molar-refractivity contribution in [2.45, 2.75) is 25.7 Å². The van der Waals surface area contributed by atoms with E-state index >= 15 is 0 Å². The zero-order valence-electron chi connectivity index (χ0n) is 8.98. The summed E-state index contributed by atoms with van der Waals surface area (Å²) in [5, 5.41) is 9.13. The third-order valence-corrected chi connectivity index (χ3v) is 3.16. The van der Waals surface area contributed by atoms with Crippen LogP contribution in [0.2, 0.25) is 0 Å². The average molecular weight is 206 g/mol. The minimum atomic E-state index is 0.264. The first-order valence-electron chi connectivity index (χ1n) is 5.63. The second-order valence-electron chi connectivity index (χ2n) is 4.42. The molecule has 2 rings (SSSR count). The molecule has 0 aliphatic heterocycles. The van der Waals surface area contributed by atoms with E-state index < -0.39 is 0 Å². The highest BCUT2D eigenvalue weighted by Gasteiger charge is 2.40. The van der Waals surface area contributed by atoms with Crippen molar-refractivity contribution < 1.29 is 9.84 Å². The van der Waals surface area contributed by atoms with Crippen LogP contribution in [0.25, 0.3) is 0 Å². The van der Waals surface area contributed by atoms with E-state index in [-0.39, 0.29) is 5.41 Å². The molecular formula is C13H18O2. The monoisotopic (exact) mass is 206 g/mol. The van der Waals surface area contributed by atoms with Crippen LogP contribution in [-0.2, 0) is 0 Å². The summed E-state index contributed by atoms with van der Waals surface area (Å²) >= 11 is 0. The van der Waals surface area contributed by atoms with Crippen LogP contribution in [0.4, 0.5) is 0 Å². The van der Waals surface area contributed by atoms with Crippen LogP contribution in [0.3, 0.4) is 0 Å². The Bertz CT molecular complexity index is 291. The average Bonchev–Trinajstić information content (AvgIpc) is 3.07. The van der Waals surface area contributed by atoms with E-state index in [1.807, 2.05) is 30.3 Å². The van der Waals surface area contributed by atoms with Crippen LogP contribution < -0.4 is 4.74 Å². The third-order valence-electron chi connectivity index (χ3n) is 3.16. The number of para-hydroxylation sites is 1. The van der Waals surface area contributed by atoms with E-state index in [0.717, 1.165) is 25.2 Å². The molecule has 82 valence electrons. The van der Waals surface area contributed by atoms with Crippen molar-refractivity contribution in [2.75, 3.05) is 13.2 Å². The third kappa shape index (κ3) is 2.96. The van der Waals surface area contributed by atoms with Gasteiger partial charge >= 0.3 is 0 Å². The van der Waals surface area contributed by atoms with Crippen LogP contribution in [0.1, 0.15) is 25.7 Å². The van der Waals surface area contributed by atoms with E-state index in [9.17, 15) is 0 Å². The molecule has 0 bridgehead atoms. The van der Waals surface area contributed by atoms with Gasteiger partial charge < -0.3 is 9.84 Å². The number of hydrogen-bond donors (Lipinski definition) is 1. The van der Waals surface area contributed by atoms with Crippen LogP contribution in [0, 0.1) is 5.41 Å². The van der Waals surface area contributed by atoms with Crippen molar-refractivity contribution in [1.29, 1.82) is 0 Å². The highest BCUT2D eigenvalue weighted by atomic mass is 16.5. The summed E-state index contributed by atoms with van der Waals surface area (Å²) in [6, 6.07) is 9.88. The van der Waals surface area contributed by atoms with Crippen LogP contribution in [-0.4, -0.2) is 18.3 Å². The topological polar surface area (TPSA) is 29.5 Å². The molecule has 0 spiro atoms. The van der Waals surface area contributed by atoms with E-state index in [1.54, 1.807) is 0 Å². The summed E-state index contributed by atoms with van der Waals surface area (Å²) in [7, 11) is 0. The number of aliphatic hydroxyl groups excluding tert-OH is 1. The molecular weight excluding hydrogens is 188 g/mol. The van der Waals surface area contributed by atoms with Gasteiger partial charge in [-0.25, -0.2) is 0 Å². The maximum absolute atomic E-state index is 9.13. The first-order valence-corrected chi connectivity index (χ1v) is 5.63. The lowest BCUT2D eigenvalue weighted by Gasteiger charge is -2.11. The molecule has 1 aromatic carbocycles. The summed E-state index contributed by atoms with van der Waals surface area (Å²) in [5.74, 6) is 0.936. The highest BCUT2D eigenvalue weighted by molar-refractivity contribution is 5.20. The molecule has 1 aliphatic carbocycles. The Balaban J connectivity index is 1.63. The normalized spacial score (nSPS) is 17.4. The van der Waals surface area contributed by atoms with Crippen molar-refractivity contribution in [3.05, 3.63) is 30.3 Å². The van der Waals surface area contributed by atoms with E-state index in [2.05, 4.69) is 0 Å². The number of benzene rings is 1. The van der Waals surface area contributed by atoms with Gasteiger partial charge in [-0.05, 0) is 43.2 Å². The van der Waals surface area contributed by atoms with Gasteiger partial charge in [-0.1, -0.05) is 18.2 Å².